The number of aromatic nitrogens is 3. The highest BCUT2D eigenvalue weighted by atomic mass is 79.9. The highest BCUT2D eigenvalue weighted by Crippen LogP contribution is 2.22. The zero-order valence-electron chi connectivity index (χ0n) is 12.1. The number of halogens is 3. The molecular formula is C14H17BrF2N4. The van der Waals surface area contributed by atoms with Gasteiger partial charge in [-0.1, -0.05) is 5.21 Å². The van der Waals surface area contributed by atoms with Gasteiger partial charge in [0.15, 0.2) is 0 Å². The summed E-state index contributed by atoms with van der Waals surface area (Å²) in [5.74, 6) is -1.21. The molecule has 1 N–H and O–H groups in total. The van der Waals surface area contributed by atoms with Crippen LogP contribution >= 0.6 is 15.9 Å². The molecule has 0 aliphatic heterocycles. The van der Waals surface area contributed by atoms with Crippen LogP contribution in [0, 0.1) is 11.6 Å². The molecule has 0 bridgehead atoms. The molecule has 0 saturated carbocycles. The summed E-state index contributed by atoms with van der Waals surface area (Å²) in [4.78, 5) is 0. The molecule has 0 saturated heterocycles. The molecule has 0 aliphatic carbocycles. The van der Waals surface area contributed by atoms with E-state index in [0.29, 0.717) is 6.54 Å². The molecule has 0 radical (unpaired) electrons. The second kappa shape index (κ2) is 6.19. The zero-order valence-corrected chi connectivity index (χ0v) is 13.7. The molecule has 0 unspecified atom stereocenters. The standard InChI is InChI=1S/C14H17BrF2N4/c1-14(2,3)18-6-9-7-21(20-19-9)8-10-12(16)5-4-11(15)13(10)17/h4-5,7,18H,6,8H2,1-3H3. The van der Waals surface area contributed by atoms with Crippen molar-refractivity contribution >= 4 is 15.9 Å². The quantitative estimate of drug-likeness (QED) is 0.853. The van der Waals surface area contributed by atoms with Crippen molar-refractivity contribution in [2.24, 2.45) is 0 Å². The molecule has 2 rings (SSSR count). The monoisotopic (exact) mass is 358 g/mol. The molecule has 0 amide bonds. The van der Waals surface area contributed by atoms with Crippen molar-refractivity contribution in [1.82, 2.24) is 20.3 Å². The molecule has 0 aliphatic rings. The fraction of sp³-hybridized carbons (Fsp3) is 0.429. The van der Waals surface area contributed by atoms with Crippen LogP contribution in [0.3, 0.4) is 0 Å². The molecule has 21 heavy (non-hydrogen) atoms. The second-order valence-electron chi connectivity index (χ2n) is 5.83. The van der Waals surface area contributed by atoms with Gasteiger partial charge in [-0.2, -0.15) is 0 Å². The normalized spacial score (nSPS) is 11.9. The summed E-state index contributed by atoms with van der Waals surface area (Å²) in [6, 6.07) is 2.57. The van der Waals surface area contributed by atoms with Crippen LogP contribution in [0.15, 0.2) is 22.8 Å². The third kappa shape index (κ3) is 4.31. The summed E-state index contributed by atoms with van der Waals surface area (Å²) in [5.41, 5.74) is 0.650. The highest BCUT2D eigenvalue weighted by molar-refractivity contribution is 9.10. The van der Waals surface area contributed by atoms with E-state index >= 15 is 0 Å². The van der Waals surface area contributed by atoms with Gasteiger partial charge in [0.1, 0.15) is 11.6 Å². The predicted molar refractivity (Wildman–Crippen MR) is 79.8 cm³/mol. The van der Waals surface area contributed by atoms with Gasteiger partial charge in [0.05, 0.1) is 22.9 Å². The summed E-state index contributed by atoms with van der Waals surface area (Å²) in [6.45, 7) is 6.68. The maximum atomic E-state index is 13.9. The number of hydrogen-bond donors (Lipinski definition) is 1. The molecule has 1 aromatic carbocycles. The van der Waals surface area contributed by atoms with Crippen LogP contribution < -0.4 is 5.32 Å². The fourth-order valence-electron chi connectivity index (χ4n) is 1.73. The van der Waals surface area contributed by atoms with Gasteiger partial charge < -0.3 is 5.32 Å². The Labute approximate surface area is 130 Å². The molecule has 4 nitrogen and oxygen atoms in total. The third-order valence-electron chi connectivity index (χ3n) is 2.84. The Bertz CT molecular complexity index is 634. The first-order valence-electron chi connectivity index (χ1n) is 6.52. The Balaban J connectivity index is 2.11. The van der Waals surface area contributed by atoms with E-state index in [1.807, 2.05) is 20.8 Å². The fourth-order valence-corrected chi connectivity index (χ4v) is 2.10. The topological polar surface area (TPSA) is 42.7 Å². The highest BCUT2D eigenvalue weighted by Gasteiger charge is 2.14. The van der Waals surface area contributed by atoms with Crippen LogP contribution in [0.25, 0.3) is 0 Å². The van der Waals surface area contributed by atoms with Gasteiger partial charge in [-0.25, -0.2) is 13.5 Å². The Morgan fingerprint density at radius 1 is 1.29 bits per heavy atom. The van der Waals surface area contributed by atoms with Crippen molar-refractivity contribution in [3.05, 3.63) is 45.7 Å². The Morgan fingerprint density at radius 2 is 2.00 bits per heavy atom. The Hall–Kier alpha value is -1.34. The smallest absolute Gasteiger partial charge is 0.145 e. The van der Waals surface area contributed by atoms with Crippen LogP contribution in [-0.2, 0) is 13.1 Å². The summed E-state index contributed by atoms with van der Waals surface area (Å²) in [5, 5.41) is 11.2. The molecule has 114 valence electrons. The van der Waals surface area contributed by atoms with Gasteiger partial charge in [0.2, 0.25) is 0 Å². The minimum Gasteiger partial charge on any atom is -0.306 e. The van der Waals surface area contributed by atoms with E-state index in [2.05, 4.69) is 31.6 Å². The minimum atomic E-state index is -0.611. The molecule has 2 aromatic rings. The van der Waals surface area contributed by atoms with E-state index in [9.17, 15) is 8.78 Å². The molecule has 0 spiro atoms. The lowest BCUT2D eigenvalue weighted by molar-refractivity contribution is 0.421. The first-order chi connectivity index (χ1) is 9.76. The van der Waals surface area contributed by atoms with Gasteiger partial charge in [-0.05, 0) is 48.8 Å². The Morgan fingerprint density at radius 3 is 2.67 bits per heavy atom. The third-order valence-corrected chi connectivity index (χ3v) is 3.46. The van der Waals surface area contributed by atoms with Crippen LogP contribution in [0.4, 0.5) is 8.78 Å². The van der Waals surface area contributed by atoms with Crippen molar-refractivity contribution in [3.63, 3.8) is 0 Å². The SMILES string of the molecule is CC(C)(C)NCc1cn(Cc2c(F)ccc(Br)c2F)nn1. The average Bonchev–Trinajstić information content (AvgIpc) is 2.84. The number of hydrogen-bond acceptors (Lipinski definition) is 3. The maximum absolute atomic E-state index is 13.9. The number of nitrogens with zero attached hydrogens (tertiary/aromatic N) is 3. The molecule has 7 heteroatoms. The summed E-state index contributed by atoms with van der Waals surface area (Å²) in [7, 11) is 0. The second-order valence-corrected chi connectivity index (χ2v) is 6.69. The van der Waals surface area contributed by atoms with Crippen LogP contribution in [-0.4, -0.2) is 20.5 Å². The van der Waals surface area contributed by atoms with Crippen molar-refractivity contribution in [3.8, 4) is 0 Å². The van der Waals surface area contributed by atoms with Crippen molar-refractivity contribution < 1.29 is 8.78 Å². The largest absolute Gasteiger partial charge is 0.306 e. The van der Waals surface area contributed by atoms with Crippen LogP contribution in [0.1, 0.15) is 32.0 Å². The van der Waals surface area contributed by atoms with Gasteiger partial charge >= 0.3 is 0 Å². The first-order valence-corrected chi connectivity index (χ1v) is 7.32. The molecule has 1 heterocycles. The molecule has 1 aromatic heterocycles. The lowest BCUT2D eigenvalue weighted by atomic mass is 10.1. The minimum absolute atomic E-state index is 0.000372. The van der Waals surface area contributed by atoms with Crippen LogP contribution in [0.5, 0.6) is 0 Å². The zero-order chi connectivity index (χ0) is 15.6. The van der Waals surface area contributed by atoms with E-state index in [1.165, 1.54) is 16.8 Å². The van der Waals surface area contributed by atoms with Gasteiger partial charge in [-0.3, -0.25) is 0 Å². The summed E-state index contributed by atoms with van der Waals surface area (Å²) < 4.78 is 29.2. The first kappa shape index (κ1) is 16.0. The maximum Gasteiger partial charge on any atom is 0.145 e. The predicted octanol–water partition coefficient (Wildman–Crippen LogP) is 3.26. The summed E-state index contributed by atoms with van der Waals surface area (Å²) in [6.07, 6.45) is 1.68. The molecule has 0 fully saturated rings. The molecule has 0 atom stereocenters. The van der Waals surface area contributed by atoms with E-state index in [4.69, 9.17) is 0 Å². The summed E-state index contributed by atoms with van der Waals surface area (Å²) >= 11 is 3.05. The van der Waals surface area contributed by atoms with E-state index in [0.717, 1.165) is 5.69 Å². The van der Waals surface area contributed by atoms with Crippen LogP contribution in [0.2, 0.25) is 0 Å². The van der Waals surface area contributed by atoms with Crippen molar-refractivity contribution in [2.45, 2.75) is 39.4 Å². The van der Waals surface area contributed by atoms with E-state index < -0.39 is 11.6 Å². The Kier molecular flexibility index (Phi) is 4.73. The number of rotatable bonds is 4. The molecular weight excluding hydrogens is 342 g/mol. The number of benzene rings is 1. The van der Waals surface area contributed by atoms with Crippen molar-refractivity contribution in [2.75, 3.05) is 0 Å². The lowest BCUT2D eigenvalue weighted by Crippen LogP contribution is -2.35. The number of nitrogens with one attached hydrogen (secondary N) is 1. The van der Waals surface area contributed by atoms with Crippen molar-refractivity contribution in [1.29, 1.82) is 0 Å². The van der Waals surface area contributed by atoms with Gasteiger partial charge in [0, 0.05) is 17.6 Å². The lowest BCUT2D eigenvalue weighted by Gasteiger charge is -2.19. The van der Waals surface area contributed by atoms with E-state index in [1.54, 1.807) is 6.20 Å². The van der Waals surface area contributed by atoms with Gasteiger partial charge in [0.25, 0.3) is 0 Å². The van der Waals surface area contributed by atoms with E-state index in [-0.39, 0.29) is 22.1 Å². The van der Waals surface area contributed by atoms with Gasteiger partial charge in [-0.15, -0.1) is 5.10 Å². The average molecular weight is 359 g/mol.